The van der Waals surface area contributed by atoms with Crippen molar-refractivity contribution < 1.29 is 14.7 Å². The number of aliphatic carboxylic acids is 1. The Labute approximate surface area is 136 Å². The van der Waals surface area contributed by atoms with E-state index in [-0.39, 0.29) is 18.5 Å². The summed E-state index contributed by atoms with van der Waals surface area (Å²) in [7, 11) is 0. The van der Waals surface area contributed by atoms with Gasteiger partial charge in [-0.2, -0.15) is 0 Å². The van der Waals surface area contributed by atoms with E-state index in [1.165, 1.54) is 11.1 Å². The lowest BCUT2D eigenvalue weighted by Crippen LogP contribution is -2.44. The zero-order chi connectivity index (χ0) is 16.2. The fraction of sp³-hybridized carbons (Fsp3) is 0.556. The summed E-state index contributed by atoms with van der Waals surface area (Å²) in [5.74, 6) is -0.820. The van der Waals surface area contributed by atoms with Gasteiger partial charge in [0.15, 0.2) is 0 Å². The van der Waals surface area contributed by atoms with Crippen molar-refractivity contribution in [2.75, 3.05) is 6.54 Å². The zero-order valence-corrected chi connectivity index (χ0v) is 13.3. The minimum Gasteiger partial charge on any atom is -0.481 e. The van der Waals surface area contributed by atoms with Crippen molar-refractivity contribution >= 4 is 12.0 Å². The highest BCUT2D eigenvalue weighted by atomic mass is 16.4. The number of benzene rings is 1. The Kier molecular flexibility index (Phi) is 4.84. The zero-order valence-electron chi connectivity index (χ0n) is 13.3. The first-order valence-electron chi connectivity index (χ1n) is 8.52. The Morgan fingerprint density at radius 1 is 1.22 bits per heavy atom. The Balaban J connectivity index is 1.68. The third kappa shape index (κ3) is 3.84. The van der Waals surface area contributed by atoms with E-state index < -0.39 is 5.97 Å². The van der Waals surface area contributed by atoms with Gasteiger partial charge in [-0.25, -0.2) is 4.79 Å². The second-order valence-corrected chi connectivity index (χ2v) is 6.47. The first kappa shape index (κ1) is 15.8. The van der Waals surface area contributed by atoms with Gasteiger partial charge in [-0.15, -0.1) is 0 Å². The Hall–Kier alpha value is -2.04. The first-order valence-corrected chi connectivity index (χ1v) is 8.52. The molecule has 124 valence electrons. The molecular weight excluding hydrogens is 292 g/mol. The van der Waals surface area contributed by atoms with Gasteiger partial charge in [0.05, 0.1) is 6.04 Å². The largest absolute Gasteiger partial charge is 0.481 e. The topological polar surface area (TPSA) is 69.6 Å². The van der Waals surface area contributed by atoms with Crippen LogP contribution in [0.25, 0.3) is 0 Å². The molecule has 0 saturated heterocycles. The molecule has 23 heavy (non-hydrogen) atoms. The molecule has 1 aromatic carbocycles. The van der Waals surface area contributed by atoms with Crippen molar-refractivity contribution in [3.63, 3.8) is 0 Å². The van der Waals surface area contributed by atoms with E-state index in [1.54, 1.807) is 0 Å². The van der Waals surface area contributed by atoms with E-state index >= 15 is 0 Å². The number of aryl methyl sites for hydroxylation is 1. The molecule has 1 atom stereocenters. The normalized spacial score (nSPS) is 19.7. The number of fused-ring (bicyclic) bond motifs is 1. The van der Waals surface area contributed by atoms with Crippen LogP contribution in [0.4, 0.5) is 4.79 Å². The van der Waals surface area contributed by atoms with E-state index in [4.69, 9.17) is 5.11 Å². The van der Waals surface area contributed by atoms with Gasteiger partial charge in [-0.05, 0) is 49.7 Å². The van der Waals surface area contributed by atoms with Crippen LogP contribution in [0.2, 0.25) is 0 Å². The van der Waals surface area contributed by atoms with Gasteiger partial charge in [0.1, 0.15) is 0 Å². The SMILES string of the molecule is O=C(O)CCCNC(=O)N(C1CC1)C1CCCc2ccccc21. The predicted molar refractivity (Wildman–Crippen MR) is 87.3 cm³/mol. The van der Waals surface area contributed by atoms with Gasteiger partial charge in [0.25, 0.3) is 0 Å². The van der Waals surface area contributed by atoms with Crippen molar-refractivity contribution in [2.24, 2.45) is 0 Å². The fourth-order valence-corrected chi connectivity index (χ4v) is 3.46. The summed E-state index contributed by atoms with van der Waals surface area (Å²) in [6.45, 7) is 0.419. The lowest BCUT2D eigenvalue weighted by Gasteiger charge is -2.36. The third-order valence-electron chi connectivity index (χ3n) is 4.69. The molecule has 1 unspecified atom stereocenters. The number of nitrogens with zero attached hydrogens (tertiary/aromatic N) is 1. The average Bonchev–Trinajstić information content (AvgIpc) is 3.37. The van der Waals surface area contributed by atoms with Crippen molar-refractivity contribution in [1.82, 2.24) is 10.2 Å². The molecule has 5 nitrogen and oxygen atoms in total. The maximum absolute atomic E-state index is 12.6. The molecule has 1 aromatic rings. The van der Waals surface area contributed by atoms with Gasteiger partial charge in [-0.3, -0.25) is 4.79 Å². The van der Waals surface area contributed by atoms with Gasteiger partial charge < -0.3 is 15.3 Å². The maximum atomic E-state index is 12.6. The van der Waals surface area contributed by atoms with Crippen LogP contribution in [0.5, 0.6) is 0 Å². The van der Waals surface area contributed by atoms with Crippen LogP contribution in [0, 0.1) is 0 Å². The summed E-state index contributed by atoms with van der Waals surface area (Å²) in [5, 5.41) is 11.6. The van der Waals surface area contributed by atoms with Crippen LogP contribution in [0.15, 0.2) is 24.3 Å². The van der Waals surface area contributed by atoms with Gasteiger partial charge in [-0.1, -0.05) is 24.3 Å². The summed E-state index contributed by atoms with van der Waals surface area (Å²) < 4.78 is 0. The molecule has 2 aliphatic rings. The molecule has 0 spiro atoms. The number of carbonyl (C=O) groups is 2. The van der Waals surface area contributed by atoms with E-state index in [2.05, 4.69) is 23.5 Å². The predicted octanol–water partition coefficient (Wildman–Crippen LogP) is 3.10. The lowest BCUT2D eigenvalue weighted by atomic mass is 9.87. The van der Waals surface area contributed by atoms with Crippen molar-refractivity contribution in [3.05, 3.63) is 35.4 Å². The summed E-state index contributed by atoms with van der Waals surface area (Å²) in [4.78, 5) is 25.2. The molecule has 0 aromatic heterocycles. The number of rotatable bonds is 6. The van der Waals surface area contributed by atoms with Crippen LogP contribution in [-0.4, -0.2) is 34.6 Å². The molecule has 0 aliphatic heterocycles. The van der Waals surface area contributed by atoms with Gasteiger partial charge in [0.2, 0.25) is 0 Å². The number of urea groups is 1. The molecule has 1 fully saturated rings. The van der Waals surface area contributed by atoms with Crippen molar-refractivity contribution in [3.8, 4) is 0 Å². The van der Waals surface area contributed by atoms with Crippen molar-refractivity contribution in [2.45, 2.75) is 57.0 Å². The summed E-state index contributed by atoms with van der Waals surface area (Å²) in [5.41, 5.74) is 2.64. The van der Waals surface area contributed by atoms with Crippen LogP contribution in [0.1, 0.15) is 55.7 Å². The quantitative estimate of drug-likeness (QED) is 0.792. The lowest BCUT2D eigenvalue weighted by molar-refractivity contribution is -0.137. The average molecular weight is 316 g/mol. The number of hydrogen-bond donors (Lipinski definition) is 2. The number of carboxylic acid groups (broad SMARTS) is 1. The standard InChI is InChI=1S/C18H24N2O3/c21-17(22)9-4-12-19-18(23)20(14-10-11-14)16-8-3-6-13-5-1-2-7-15(13)16/h1-2,5,7,14,16H,3-4,6,8-12H2,(H,19,23)(H,21,22). The Morgan fingerprint density at radius 3 is 2.74 bits per heavy atom. The Bertz CT molecular complexity index is 583. The highest BCUT2D eigenvalue weighted by molar-refractivity contribution is 5.76. The molecule has 2 N–H and O–H groups in total. The fourth-order valence-electron chi connectivity index (χ4n) is 3.46. The number of nitrogens with one attached hydrogen (secondary N) is 1. The highest BCUT2D eigenvalue weighted by Gasteiger charge is 2.39. The van der Waals surface area contributed by atoms with Crippen molar-refractivity contribution in [1.29, 1.82) is 0 Å². The van der Waals surface area contributed by atoms with Crippen LogP contribution in [0.3, 0.4) is 0 Å². The van der Waals surface area contributed by atoms with E-state index in [0.717, 1.165) is 32.1 Å². The molecule has 5 heteroatoms. The number of carboxylic acids is 1. The number of hydrogen-bond acceptors (Lipinski definition) is 2. The second-order valence-electron chi connectivity index (χ2n) is 6.47. The molecule has 1 saturated carbocycles. The second kappa shape index (κ2) is 7.02. The van der Waals surface area contributed by atoms with E-state index in [0.29, 0.717) is 19.0 Å². The third-order valence-corrected chi connectivity index (χ3v) is 4.69. The van der Waals surface area contributed by atoms with Crippen LogP contribution >= 0.6 is 0 Å². The summed E-state index contributed by atoms with van der Waals surface area (Å²) >= 11 is 0. The summed E-state index contributed by atoms with van der Waals surface area (Å²) in [6, 6.07) is 8.88. The van der Waals surface area contributed by atoms with Crippen LogP contribution < -0.4 is 5.32 Å². The smallest absolute Gasteiger partial charge is 0.318 e. The van der Waals surface area contributed by atoms with E-state index in [1.807, 2.05) is 11.0 Å². The van der Waals surface area contributed by atoms with E-state index in [9.17, 15) is 9.59 Å². The monoisotopic (exact) mass is 316 g/mol. The molecule has 2 amide bonds. The molecule has 3 rings (SSSR count). The molecular formula is C18H24N2O3. The molecule has 0 heterocycles. The molecule has 2 aliphatic carbocycles. The molecule has 0 bridgehead atoms. The number of amides is 2. The molecule has 0 radical (unpaired) electrons. The Morgan fingerprint density at radius 2 is 2.00 bits per heavy atom. The highest BCUT2D eigenvalue weighted by Crippen LogP contribution is 2.40. The first-order chi connectivity index (χ1) is 11.2. The number of carbonyl (C=O) groups excluding carboxylic acids is 1. The summed E-state index contributed by atoms with van der Waals surface area (Å²) in [6.07, 6.45) is 5.91. The van der Waals surface area contributed by atoms with Crippen LogP contribution in [-0.2, 0) is 11.2 Å². The maximum Gasteiger partial charge on any atom is 0.318 e. The van der Waals surface area contributed by atoms with Gasteiger partial charge >= 0.3 is 12.0 Å². The van der Waals surface area contributed by atoms with Gasteiger partial charge in [0, 0.05) is 19.0 Å². The minimum absolute atomic E-state index is 0.0420. The minimum atomic E-state index is -0.820.